The lowest BCUT2D eigenvalue weighted by molar-refractivity contribution is 0.0296. The number of fused-ring (bicyclic) bond motifs is 1. The second kappa shape index (κ2) is 5.19. The van der Waals surface area contributed by atoms with E-state index in [0.29, 0.717) is 32.8 Å². The lowest BCUT2D eigenvalue weighted by Crippen LogP contribution is -2.41. The first kappa shape index (κ1) is 12.4. The number of rotatable bonds is 3. The molecule has 0 spiro atoms. The SMILES string of the molecule is C=CCn1c(C(=O)N2CCOCC2)cc2sccc21. The molecule has 0 bridgehead atoms. The van der Waals surface area contributed by atoms with Crippen LogP contribution >= 0.6 is 11.3 Å². The summed E-state index contributed by atoms with van der Waals surface area (Å²) in [6.07, 6.45) is 1.83. The lowest BCUT2D eigenvalue weighted by atomic mass is 10.3. The topological polar surface area (TPSA) is 34.5 Å². The number of hydrogen-bond donors (Lipinski definition) is 0. The van der Waals surface area contributed by atoms with E-state index < -0.39 is 0 Å². The van der Waals surface area contributed by atoms with Gasteiger partial charge in [-0.3, -0.25) is 4.79 Å². The second-order valence-corrected chi connectivity index (χ2v) is 5.45. The molecule has 0 atom stereocenters. The Morgan fingerprint density at radius 2 is 2.26 bits per heavy atom. The fourth-order valence-electron chi connectivity index (χ4n) is 2.41. The van der Waals surface area contributed by atoms with Crippen LogP contribution in [0.15, 0.2) is 30.2 Å². The van der Waals surface area contributed by atoms with Gasteiger partial charge in [0.2, 0.25) is 0 Å². The van der Waals surface area contributed by atoms with Crippen LogP contribution in [0.1, 0.15) is 10.5 Å². The number of thiophene rings is 1. The fraction of sp³-hybridized carbons (Fsp3) is 0.357. The Kier molecular flexibility index (Phi) is 3.40. The van der Waals surface area contributed by atoms with Crippen LogP contribution in [0.4, 0.5) is 0 Å². The minimum Gasteiger partial charge on any atom is -0.378 e. The monoisotopic (exact) mass is 276 g/mol. The van der Waals surface area contributed by atoms with Gasteiger partial charge in [-0.1, -0.05) is 6.08 Å². The first-order valence-corrected chi connectivity index (χ1v) is 7.24. The Bertz CT molecular complexity index is 608. The third-order valence-corrected chi connectivity index (χ3v) is 4.20. The standard InChI is InChI=1S/C14H16N2O2S/c1-2-4-16-11-3-9-19-13(11)10-12(16)14(17)15-5-7-18-8-6-15/h2-3,9-10H,1,4-8H2. The zero-order chi connectivity index (χ0) is 13.2. The van der Waals surface area contributed by atoms with Gasteiger partial charge in [0.05, 0.1) is 23.4 Å². The largest absolute Gasteiger partial charge is 0.378 e. The molecule has 0 unspecified atom stereocenters. The molecule has 3 heterocycles. The Balaban J connectivity index is 1.98. The molecule has 4 nitrogen and oxygen atoms in total. The number of ether oxygens (including phenoxy) is 1. The predicted octanol–water partition coefficient (Wildman–Crippen LogP) is 2.36. The van der Waals surface area contributed by atoms with E-state index in [-0.39, 0.29) is 5.91 Å². The molecule has 3 rings (SSSR count). The average molecular weight is 276 g/mol. The van der Waals surface area contributed by atoms with Gasteiger partial charge < -0.3 is 14.2 Å². The zero-order valence-electron chi connectivity index (χ0n) is 10.7. The molecule has 1 aliphatic heterocycles. The van der Waals surface area contributed by atoms with Crippen LogP contribution < -0.4 is 0 Å². The molecule has 1 fully saturated rings. The highest BCUT2D eigenvalue weighted by molar-refractivity contribution is 7.17. The summed E-state index contributed by atoms with van der Waals surface area (Å²) in [7, 11) is 0. The minimum atomic E-state index is 0.0913. The summed E-state index contributed by atoms with van der Waals surface area (Å²) in [5, 5.41) is 2.05. The molecule has 5 heteroatoms. The van der Waals surface area contributed by atoms with Crippen LogP contribution in [-0.2, 0) is 11.3 Å². The Morgan fingerprint density at radius 1 is 1.47 bits per heavy atom. The lowest BCUT2D eigenvalue weighted by Gasteiger charge is -2.27. The van der Waals surface area contributed by atoms with Gasteiger partial charge in [-0.25, -0.2) is 0 Å². The van der Waals surface area contributed by atoms with Crippen LogP contribution in [0, 0.1) is 0 Å². The minimum absolute atomic E-state index is 0.0913. The van der Waals surface area contributed by atoms with Crippen LogP contribution in [0.5, 0.6) is 0 Å². The molecule has 0 saturated carbocycles. The van der Waals surface area contributed by atoms with E-state index >= 15 is 0 Å². The molecule has 19 heavy (non-hydrogen) atoms. The normalized spacial score (nSPS) is 15.9. The van der Waals surface area contributed by atoms with Crippen molar-refractivity contribution in [2.75, 3.05) is 26.3 Å². The maximum Gasteiger partial charge on any atom is 0.270 e. The number of carbonyl (C=O) groups excluding carboxylic acids is 1. The molecule has 2 aromatic rings. The summed E-state index contributed by atoms with van der Waals surface area (Å²) in [5.74, 6) is 0.0913. The van der Waals surface area contributed by atoms with Gasteiger partial charge in [0.1, 0.15) is 5.69 Å². The van der Waals surface area contributed by atoms with E-state index in [0.717, 1.165) is 15.9 Å². The highest BCUT2D eigenvalue weighted by Gasteiger charge is 2.22. The van der Waals surface area contributed by atoms with Gasteiger partial charge in [-0.15, -0.1) is 17.9 Å². The number of aromatic nitrogens is 1. The van der Waals surface area contributed by atoms with Crippen LogP contribution in [0.2, 0.25) is 0 Å². The van der Waals surface area contributed by atoms with E-state index in [9.17, 15) is 4.79 Å². The summed E-state index contributed by atoms with van der Waals surface area (Å²) in [6.45, 7) is 7.04. The molecule has 1 amide bonds. The maximum absolute atomic E-state index is 12.6. The molecule has 2 aromatic heterocycles. The Labute approximate surface area is 115 Å². The van der Waals surface area contributed by atoms with Crippen molar-refractivity contribution in [3.8, 4) is 0 Å². The third kappa shape index (κ3) is 2.19. The number of carbonyl (C=O) groups is 1. The van der Waals surface area contributed by atoms with E-state index in [1.165, 1.54) is 0 Å². The Hall–Kier alpha value is -1.59. The Morgan fingerprint density at radius 3 is 3.00 bits per heavy atom. The van der Waals surface area contributed by atoms with Crippen molar-refractivity contribution in [1.29, 1.82) is 0 Å². The van der Waals surface area contributed by atoms with Gasteiger partial charge in [0, 0.05) is 19.6 Å². The molecular formula is C14H16N2O2S. The summed E-state index contributed by atoms with van der Waals surface area (Å²) in [4.78, 5) is 14.4. The van der Waals surface area contributed by atoms with E-state index in [4.69, 9.17) is 4.74 Å². The van der Waals surface area contributed by atoms with Crippen molar-refractivity contribution < 1.29 is 9.53 Å². The van der Waals surface area contributed by atoms with E-state index in [1.807, 2.05) is 27.0 Å². The van der Waals surface area contributed by atoms with Crippen molar-refractivity contribution in [2.24, 2.45) is 0 Å². The molecule has 1 saturated heterocycles. The maximum atomic E-state index is 12.6. The average Bonchev–Trinajstić information content (AvgIpc) is 3.02. The summed E-state index contributed by atoms with van der Waals surface area (Å²) in [6, 6.07) is 4.04. The highest BCUT2D eigenvalue weighted by atomic mass is 32.1. The van der Waals surface area contributed by atoms with Crippen LogP contribution in [0.3, 0.4) is 0 Å². The fourth-order valence-corrected chi connectivity index (χ4v) is 3.23. The number of amides is 1. The number of hydrogen-bond acceptors (Lipinski definition) is 3. The number of nitrogens with zero attached hydrogens (tertiary/aromatic N) is 2. The van der Waals surface area contributed by atoms with Crippen LogP contribution in [0.25, 0.3) is 10.2 Å². The molecule has 0 aliphatic carbocycles. The summed E-state index contributed by atoms with van der Waals surface area (Å²) in [5.41, 5.74) is 1.87. The van der Waals surface area contributed by atoms with Gasteiger partial charge >= 0.3 is 0 Å². The number of allylic oxidation sites excluding steroid dienone is 1. The van der Waals surface area contributed by atoms with E-state index in [2.05, 4.69) is 12.6 Å². The molecule has 1 aliphatic rings. The van der Waals surface area contributed by atoms with Crippen molar-refractivity contribution in [1.82, 2.24) is 9.47 Å². The second-order valence-electron chi connectivity index (χ2n) is 4.50. The van der Waals surface area contributed by atoms with Crippen molar-refractivity contribution in [3.63, 3.8) is 0 Å². The first-order valence-electron chi connectivity index (χ1n) is 6.36. The third-order valence-electron chi connectivity index (χ3n) is 3.35. The van der Waals surface area contributed by atoms with Crippen molar-refractivity contribution in [2.45, 2.75) is 6.54 Å². The molecule has 100 valence electrons. The molecule has 0 aromatic carbocycles. The molecular weight excluding hydrogens is 260 g/mol. The summed E-state index contributed by atoms with van der Waals surface area (Å²) >= 11 is 1.66. The quantitative estimate of drug-likeness (QED) is 0.807. The van der Waals surface area contributed by atoms with E-state index in [1.54, 1.807) is 11.3 Å². The van der Waals surface area contributed by atoms with Gasteiger partial charge in [-0.05, 0) is 17.5 Å². The van der Waals surface area contributed by atoms with Gasteiger partial charge in [0.15, 0.2) is 0 Å². The smallest absolute Gasteiger partial charge is 0.270 e. The van der Waals surface area contributed by atoms with Crippen LogP contribution in [-0.4, -0.2) is 41.7 Å². The molecule has 0 N–H and O–H groups in total. The van der Waals surface area contributed by atoms with Gasteiger partial charge in [0.25, 0.3) is 5.91 Å². The van der Waals surface area contributed by atoms with Crippen molar-refractivity contribution >= 4 is 27.5 Å². The highest BCUT2D eigenvalue weighted by Crippen LogP contribution is 2.26. The summed E-state index contributed by atoms with van der Waals surface area (Å²) < 4.78 is 8.48. The van der Waals surface area contributed by atoms with Gasteiger partial charge in [-0.2, -0.15) is 0 Å². The predicted molar refractivity (Wildman–Crippen MR) is 76.7 cm³/mol. The number of morpholine rings is 1. The first-order chi connectivity index (χ1) is 9.31. The zero-order valence-corrected chi connectivity index (χ0v) is 11.5. The molecule has 0 radical (unpaired) electrons. The van der Waals surface area contributed by atoms with Crippen molar-refractivity contribution in [3.05, 3.63) is 35.9 Å².